The number of unbranched alkanes of at least 4 members (excludes halogenated alkanes) is 7. The van der Waals surface area contributed by atoms with Gasteiger partial charge in [-0.3, -0.25) is 0 Å². The van der Waals surface area contributed by atoms with E-state index < -0.39 is 6.03 Å². The second-order valence-electron chi connectivity index (χ2n) is 5.89. The third-order valence-electron chi connectivity index (χ3n) is 2.68. The van der Waals surface area contributed by atoms with E-state index in [1.807, 2.05) is 0 Å². The van der Waals surface area contributed by atoms with Crippen molar-refractivity contribution in [3.8, 4) is 0 Å². The lowest BCUT2D eigenvalue weighted by molar-refractivity contribution is -0.870. The van der Waals surface area contributed by atoms with Crippen LogP contribution in [0.4, 0.5) is 4.79 Å². The number of quaternary nitrogens is 1. The molecule has 0 aliphatic rings. The van der Waals surface area contributed by atoms with Crippen LogP contribution in [0.1, 0.15) is 58.3 Å². The molecule has 118 valence electrons. The number of nitrogens with two attached hydrogens (primary N) is 2. The number of hydrogen-bond donors (Lipinski definition) is 2. The van der Waals surface area contributed by atoms with Gasteiger partial charge in [-0.2, -0.15) is 0 Å². The van der Waals surface area contributed by atoms with Crippen molar-refractivity contribution < 1.29 is 21.7 Å². The maximum atomic E-state index is 9.00. The Hall–Kier alpha value is -0.480. The fourth-order valence-corrected chi connectivity index (χ4v) is 1.72. The van der Waals surface area contributed by atoms with Crippen LogP contribution in [-0.2, 0) is 0 Å². The SMILES string of the molecule is CCCCCCCCCC[N+](C)(C)C.NC(N)=O.[Cl-]. The van der Waals surface area contributed by atoms with Gasteiger partial charge in [0, 0.05) is 0 Å². The van der Waals surface area contributed by atoms with Crippen LogP contribution in [0.2, 0.25) is 0 Å². The molecule has 0 aromatic carbocycles. The summed E-state index contributed by atoms with van der Waals surface area (Å²) in [6.45, 7) is 3.61. The van der Waals surface area contributed by atoms with E-state index in [4.69, 9.17) is 4.79 Å². The quantitative estimate of drug-likeness (QED) is 0.451. The van der Waals surface area contributed by atoms with Gasteiger partial charge < -0.3 is 28.4 Å². The Labute approximate surface area is 125 Å². The number of urea groups is 1. The van der Waals surface area contributed by atoms with Crippen LogP contribution < -0.4 is 23.9 Å². The minimum absolute atomic E-state index is 0. The van der Waals surface area contributed by atoms with E-state index in [9.17, 15) is 0 Å². The molecule has 0 aliphatic heterocycles. The first-order valence-electron chi connectivity index (χ1n) is 7.15. The van der Waals surface area contributed by atoms with Crippen molar-refractivity contribution in [2.45, 2.75) is 58.3 Å². The lowest BCUT2D eigenvalue weighted by atomic mass is 10.1. The van der Waals surface area contributed by atoms with E-state index in [2.05, 4.69) is 39.5 Å². The van der Waals surface area contributed by atoms with Crippen LogP contribution in [0, 0.1) is 0 Å². The molecule has 5 heteroatoms. The second kappa shape index (κ2) is 15.6. The van der Waals surface area contributed by atoms with Crippen LogP contribution in [-0.4, -0.2) is 38.2 Å². The minimum Gasteiger partial charge on any atom is -1.00 e. The molecule has 2 amide bonds. The summed E-state index contributed by atoms with van der Waals surface area (Å²) in [5, 5.41) is 0. The predicted molar refractivity (Wildman–Crippen MR) is 79.3 cm³/mol. The second-order valence-corrected chi connectivity index (χ2v) is 5.89. The van der Waals surface area contributed by atoms with Crippen LogP contribution in [0.25, 0.3) is 0 Å². The molecule has 0 atom stereocenters. The van der Waals surface area contributed by atoms with Crippen molar-refractivity contribution >= 4 is 6.03 Å². The predicted octanol–water partition coefficient (Wildman–Crippen LogP) is -0.139. The summed E-state index contributed by atoms with van der Waals surface area (Å²) in [4.78, 5) is 9.00. The average Bonchev–Trinajstić information content (AvgIpc) is 2.19. The molecule has 4 N–H and O–H groups in total. The fraction of sp³-hybridized carbons (Fsp3) is 0.929. The van der Waals surface area contributed by atoms with Crippen molar-refractivity contribution in [1.82, 2.24) is 0 Å². The smallest absolute Gasteiger partial charge is 0.309 e. The highest BCUT2D eigenvalue weighted by molar-refractivity contribution is 5.69. The molecule has 0 aromatic rings. The van der Waals surface area contributed by atoms with Gasteiger partial charge in [-0.25, -0.2) is 4.79 Å². The Kier molecular flexibility index (Phi) is 19.3. The molecule has 19 heavy (non-hydrogen) atoms. The zero-order valence-corrected chi connectivity index (χ0v) is 14.0. The van der Waals surface area contributed by atoms with Crippen LogP contribution in [0.3, 0.4) is 0 Å². The number of carbonyl (C=O) groups is 1. The molecule has 0 fully saturated rings. The van der Waals surface area contributed by atoms with Crippen LogP contribution >= 0.6 is 0 Å². The van der Waals surface area contributed by atoms with Gasteiger partial charge in [-0.05, 0) is 12.8 Å². The Morgan fingerprint density at radius 1 is 0.842 bits per heavy atom. The molecule has 0 saturated heterocycles. The maximum Gasteiger partial charge on any atom is 0.309 e. The summed E-state index contributed by atoms with van der Waals surface area (Å²) >= 11 is 0. The number of nitrogens with zero attached hydrogens (tertiary/aromatic N) is 1. The molecule has 0 bridgehead atoms. The first-order valence-corrected chi connectivity index (χ1v) is 7.15. The van der Waals surface area contributed by atoms with Gasteiger partial charge in [0.1, 0.15) is 0 Å². The minimum atomic E-state index is -0.833. The molecule has 0 unspecified atom stereocenters. The van der Waals surface area contributed by atoms with Gasteiger partial charge in [-0.1, -0.05) is 45.4 Å². The zero-order valence-electron chi connectivity index (χ0n) is 13.3. The van der Waals surface area contributed by atoms with E-state index in [0.717, 1.165) is 4.48 Å². The highest BCUT2D eigenvalue weighted by atomic mass is 35.5. The lowest BCUT2D eigenvalue weighted by Gasteiger charge is -2.23. The van der Waals surface area contributed by atoms with Gasteiger partial charge in [0.25, 0.3) is 0 Å². The zero-order chi connectivity index (χ0) is 14.4. The molecule has 4 nitrogen and oxygen atoms in total. The average molecular weight is 296 g/mol. The molecule has 0 radical (unpaired) electrons. The number of rotatable bonds is 9. The van der Waals surface area contributed by atoms with E-state index >= 15 is 0 Å². The summed E-state index contributed by atoms with van der Waals surface area (Å²) < 4.78 is 1.12. The van der Waals surface area contributed by atoms with Crippen LogP contribution in [0.15, 0.2) is 0 Å². The maximum absolute atomic E-state index is 9.00. The van der Waals surface area contributed by atoms with Crippen molar-refractivity contribution in [3.05, 3.63) is 0 Å². The van der Waals surface area contributed by atoms with E-state index in [1.54, 1.807) is 0 Å². The van der Waals surface area contributed by atoms with Gasteiger partial charge >= 0.3 is 6.03 Å². The summed E-state index contributed by atoms with van der Waals surface area (Å²) in [6, 6.07) is -0.833. The highest BCUT2D eigenvalue weighted by Gasteiger charge is 2.04. The number of carbonyl (C=O) groups excluding carboxylic acids is 1. The van der Waals surface area contributed by atoms with E-state index in [-0.39, 0.29) is 12.4 Å². The van der Waals surface area contributed by atoms with Gasteiger partial charge in [-0.15, -0.1) is 0 Å². The summed E-state index contributed by atoms with van der Waals surface area (Å²) in [5.41, 5.74) is 8.50. The van der Waals surface area contributed by atoms with Crippen molar-refractivity contribution in [2.75, 3.05) is 27.7 Å². The van der Waals surface area contributed by atoms with Crippen molar-refractivity contribution in [2.24, 2.45) is 11.5 Å². The van der Waals surface area contributed by atoms with Crippen molar-refractivity contribution in [3.63, 3.8) is 0 Å². The molecular formula is C14H34ClN3O. The largest absolute Gasteiger partial charge is 1.00 e. The topological polar surface area (TPSA) is 69.1 Å². The molecule has 0 heterocycles. The number of hydrogen-bond acceptors (Lipinski definition) is 1. The summed E-state index contributed by atoms with van der Waals surface area (Å²) in [6.07, 6.45) is 11.4. The first-order chi connectivity index (χ1) is 8.29. The summed E-state index contributed by atoms with van der Waals surface area (Å²) in [5.74, 6) is 0. The van der Waals surface area contributed by atoms with Gasteiger partial charge in [0.2, 0.25) is 0 Å². The molecule has 0 spiro atoms. The molecule has 0 saturated carbocycles. The van der Waals surface area contributed by atoms with Crippen LogP contribution in [0.5, 0.6) is 0 Å². The number of halogens is 1. The number of amides is 2. The summed E-state index contributed by atoms with van der Waals surface area (Å²) in [7, 11) is 6.84. The molecule has 0 aromatic heterocycles. The normalized spacial score (nSPS) is 10.1. The lowest BCUT2D eigenvalue weighted by Crippen LogP contribution is -3.00. The number of primary amides is 2. The first kappa shape index (κ1) is 23.6. The molecule has 0 rings (SSSR count). The standard InChI is InChI=1S/C13H30N.CH4N2O.ClH/c1-5-6-7-8-9-10-11-12-13-14(2,3)4;2-1(3)4;/h5-13H2,1-4H3;(H4,2,3,4);1H/q+1;;/p-1. The Morgan fingerprint density at radius 2 is 1.16 bits per heavy atom. The highest BCUT2D eigenvalue weighted by Crippen LogP contribution is 2.09. The van der Waals surface area contributed by atoms with Crippen molar-refractivity contribution in [1.29, 1.82) is 0 Å². The fourth-order valence-electron chi connectivity index (χ4n) is 1.72. The third kappa shape index (κ3) is 38.1. The Balaban J connectivity index is -0.000000448. The molecule has 0 aliphatic carbocycles. The van der Waals surface area contributed by atoms with Gasteiger partial charge in [0.15, 0.2) is 0 Å². The third-order valence-corrected chi connectivity index (χ3v) is 2.68. The molecular weight excluding hydrogens is 262 g/mol. The van der Waals surface area contributed by atoms with Gasteiger partial charge in [0.05, 0.1) is 27.7 Å². The Morgan fingerprint density at radius 3 is 1.47 bits per heavy atom. The van der Waals surface area contributed by atoms with E-state index in [0.29, 0.717) is 0 Å². The van der Waals surface area contributed by atoms with E-state index in [1.165, 1.54) is 57.9 Å². The Bertz CT molecular complexity index is 190. The monoisotopic (exact) mass is 295 g/mol.